The SMILES string of the molecule is C=CCOc1ccc2c(c1)cc(C(=O)OCC)n2CCc1ccsc1. The molecule has 0 aliphatic heterocycles. The van der Waals surface area contributed by atoms with Gasteiger partial charge >= 0.3 is 5.97 Å². The van der Waals surface area contributed by atoms with E-state index in [0.717, 1.165) is 29.6 Å². The standard InChI is InChI=1S/C20H21NO3S/c1-3-10-24-17-5-6-18-16(12-17)13-19(20(22)23-4-2)21(18)9-7-15-8-11-25-14-15/h3,5-6,8,11-14H,1,4,7,9-10H2,2H3. The number of carbonyl (C=O) groups is 1. The summed E-state index contributed by atoms with van der Waals surface area (Å²) < 4.78 is 12.9. The number of esters is 1. The fraction of sp³-hybridized carbons (Fsp3) is 0.250. The third kappa shape index (κ3) is 3.94. The zero-order chi connectivity index (χ0) is 17.6. The van der Waals surface area contributed by atoms with Crippen LogP contribution in [0.25, 0.3) is 10.9 Å². The Morgan fingerprint density at radius 1 is 1.32 bits per heavy atom. The van der Waals surface area contributed by atoms with E-state index in [2.05, 4.69) is 23.4 Å². The predicted octanol–water partition coefficient (Wildman–Crippen LogP) is 4.69. The Balaban J connectivity index is 1.95. The van der Waals surface area contributed by atoms with Crippen LogP contribution in [0.4, 0.5) is 0 Å². The lowest BCUT2D eigenvalue weighted by molar-refractivity contribution is 0.0514. The summed E-state index contributed by atoms with van der Waals surface area (Å²) in [5.74, 6) is 0.468. The van der Waals surface area contributed by atoms with Gasteiger partial charge in [-0.1, -0.05) is 12.7 Å². The van der Waals surface area contributed by atoms with Gasteiger partial charge in [-0.25, -0.2) is 4.79 Å². The fourth-order valence-corrected chi connectivity index (χ4v) is 3.49. The highest BCUT2D eigenvalue weighted by Crippen LogP contribution is 2.26. The van der Waals surface area contributed by atoms with Gasteiger partial charge in [0.1, 0.15) is 18.1 Å². The highest BCUT2D eigenvalue weighted by atomic mass is 32.1. The van der Waals surface area contributed by atoms with Crippen molar-refractivity contribution >= 4 is 28.2 Å². The van der Waals surface area contributed by atoms with Crippen molar-refractivity contribution in [1.82, 2.24) is 4.57 Å². The van der Waals surface area contributed by atoms with Crippen molar-refractivity contribution in [2.75, 3.05) is 13.2 Å². The van der Waals surface area contributed by atoms with Crippen LogP contribution in [0.2, 0.25) is 0 Å². The smallest absolute Gasteiger partial charge is 0.354 e. The van der Waals surface area contributed by atoms with Crippen molar-refractivity contribution in [3.05, 3.63) is 65.0 Å². The number of rotatable bonds is 8. The normalized spacial score (nSPS) is 10.8. The molecule has 0 aliphatic rings. The third-order valence-corrected chi connectivity index (χ3v) is 4.66. The maximum atomic E-state index is 12.4. The van der Waals surface area contributed by atoms with Crippen LogP contribution >= 0.6 is 11.3 Å². The van der Waals surface area contributed by atoms with Gasteiger partial charge in [0.05, 0.1) is 6.61 Å². The second-order valence-electron chi connectivity index (χ2n) is 5.60. The van der Waals surface area contributed by atoms with Crippen molar-refractivity contribution in [3.63, 3.8) is 0 Å². The molecule has 0 aliphatic carbocycles. The molecule has 0 saturated carbocycles. The van der Waals surface area contributed by atoms with Gasteiger partial charge in [-0.15, -0.1) is 0 Å². The van der Waals surface area contributed by atoms with Gasteiger partial charge in [-0.3, -0.25) is 0 Å². The molecule has 2 heterocycles. The molecule has 3 aromatic rings. The molecule has 0 fully saturated rings. The zero-order valence-corrected chi connectivity index (χ0v) is 15.1. The molecule has 0 radical (unpaired) electrons. The minimum Gasteiger partial charge on any atom is -0.490 e. The molecule has 1 aromatic carbocycles. The summed E-state index contributed by atoms with van der Waals surface area (Å²) >= 11 is 1.68. The van der Waals surface area contributed by atoms with Gasteiger partial charge in [-0.05, 0) is 60.0 Å². The summed E-state index contributed by atoms with van der Waals surface area (Å²) in [5.41, 5.74) is 2.85. The van der Waals surface area contributed by atoms with Gasteiger partial charge in [0.2, 0.25) is 0 Å². The first-order chi connectivity index (χ1) is 12.2. The van der Waals surface area contributed by atoms with E-state index in [0.29, 0.717) is 18.9 Å². The van der Waals surface area contributed by atoms with Crippen LogP contribution in [0.15, 0.2) is 53.7 Å². The van der Waals surface area contributed by atoms with Crippen molar-refractivity contribution in [2.24, 2.45) is 0 Å². The molecule has 0 saturated heterocycles. The summed E-state index contributed by atoms with van der Waals surface area (Å²) in [5, 5.41) is 5.17. The van der Waals surface area contributed by atoms with Crippen LogP contribution in [-0.4, -0.2) is 23.8 Å². The van der Waals surface area contributed by atoms with Gasteiger partial charge < -0.3 is 14.0 Å². The van der Waals surface area contributed by atoms with Crippen molar-refractivity contribution < 1.29 is 14.3 Å². The second-order valence-corrected chi connectivity index (χ2v) is 6.38. The average Bonchev–Trinajstić information content (AvgIpc) is 3.25. The van der Waals surface area contributed by atoms with Crippen LogP contribution in [0.1, 0.15) is 23.0 Å². The van der Waals surface area contributed by atoms with Crippen LogP contribution in [0.5, 0.6) is 5.75 Å². The first-order valence-electron chi connectivity index (χ1n) is 8.28. The topological polar surface area (TPSA) is 40.5 Å². The maximum absolute atomic E-state index is 12.4. The molecule has 4 nitrogen and oxygen atoms in total. The van der Waals surface area contributed by atoms with Gasteiger partial charge in [0.25, 0.3) is 0 Å². The molecule has 25 heavy (non-hydrogen) atoms. The largest absolute Gasteiger partial charge is 0.490 e. The summed E-state index contributed by atoms with van der Waals surface area (Å²) in [4.78, 5) is 12.4. The number of thiophene rings is 1. The Morgan fingerprint density at radius 2 is 2.20 bits per heavy atom. The lowest BCUT2D eigenvalue weighted by Gasteiger charge is -2.10. The molecular formula is C20H21NO3S. The fourth-order valence-electron chi connectivity index (χ4n) is 2.78. The first-order valence-corrected chi connectivity index (χ1v) is 9.22. The summed E-state index contributed by atoms with van der Waals surface area (Å²) in [6, 6.07) is 9.85. The van der Waals surface area contributed by atoms with Crippen LogP contribution < -0.4 is 4.74 Å². The lowest BCUT2D eigenvalue weighted by atomic mass is 10.2. The Labute approximate surface area is 151 Å². The monoisotopic (exact) mass is 355 g/mol. The van der Waals surface area contributed by atoms with E-state index in [1.807, 2.05) is 35.8 Å². The molecule has 0 spiro atoms. The van der Waals surface area contributed by atoms with Crippen molar-refractivity contribution in [3.8, 4) is 5.75 Å². The number of carbonyl (C=O) groups excluding carboxylic acids is 1. The Hall–Kier alpha value is -2.53. The summed E-state index contributed by atoms with van der Waals surface area (Å²) in [6.07, 6.45) is 2.58. The molecule has 3 rings (SSSR count). The van der Waals surface area contributed by atoms with Crippen LogP contribution in [-0.2, 0) is 17.7 Å². The minimum absolute atomic E-state index is 0.294. The molecule has 0 bridgehead atoms. The van der Waals surface area contributed by atoms with Crippen LogP contribution in [0, 0.1) is 0 Å². The second kappa shape index (κ2) is 8.03. The molecule has 0 N–H and O–H groups in total. The number of benzene rings is 1. The zero-order valence-electron chi connectivity index (χ0n) is 14.2. The molecule has 0 unspecified atom stereocenters. The van der Waals surface area contributed by atoms with E-state index in [-0.39, 0.29) is 5.97 Å². The molecule has 130 valence electrons. The van der Waals surface area contributed by atoms with Gasteiger partial charge in [-0.2, -0.15) is 11.3 Å². The number of hydrogen-bond acceptors (Lipinski definition) is 4. The quantitative estimate of drug-likeness (QED) is 0.435. The number of aromatic nitrogens is 1. The first kappa shape index (κ1) is 17.3. The van der Waals surface area contributed by atoms with Gasteiger partial charge in [0, 0.05) is 17.4 Å². The molecule has 2 aromatic heterocycles. The molecular weight excluding hydrogens is 334 g/mol. The molecule has 0 atom stereocenters. The number of ether oxygens (including phenoxy) is 2. The van der Waals surface area contributed by atoms with Gasteiger partial charge in [0.15, 0.2) is 0 Å². The number of nitrogens with zero attached hydrogens (tertiary/aromatic N) is 1. The van der Waals surface area contributed by atoms with E-state index < -0.39 is 0 Å². The average molecular weight is 355 g/mol. The Kier molecular flexibility index (Phi) is 5.56. The number of aryl methyl sites for hydroxylation is 2. The van der Waals surface area contributed by atoms with E-state index in [4.69, 9.17) is 9.47 Å². The third-order valence-electron chi connectivity index (χ3n) is 3.93. The van der Waals surface area contributed by atoms with E-state index in [1.54, 1.807) is 17.4 Å². The minimum atomic E-state index is -0.294. The highest BCUT2D eigenvalue weighted by Gasteiger charge is 2.17. The molecule has 0 amide bonds. The number of hydrogen-bond donors (Lipinski definition) is 0. The summed E-state index contributed by atoms with van der Waals surface area (Å²) in [7, 11) is 0. The molecule has 5 heteroatoms. The van der Waals surface area contributed by atoms with Crippen LogP contribution in [0.3, 0.4) is 0 Å². The van der Waals surface area contributed by atoms with Crippen molar-refractivity contribution in [2.45, 2.75) is 19.9 Å². The predicted molar refractivity (Wildman–Crippen MR) is 102 cm³/mol. The lowest BCUT2D eigenvalue weighted by Crippen LogP contribution is -2.13. The Bertz CT molecular complexity index is 865. The highest BCUT2D eigenvalue weighted by molar-refractivity contribution is 7.07. The van der Waals surface area contributed by atoms with E-state index >= 15 is 0 Å². The summed E-state index contributed by atoms with van der Waals surface area (Å²) in [6.45, 7) is 7.01. The number of fused-ring (bicyclic) bond motifs is 1. The van der Waals surface area contributed by atoms with E-state index in [1.165, 1.54) is 5.56 Å². The van der Waals surface area contributed by atoms with E-state index in [9.17, 15) is 4.79 Å². The Morgan fingerprint density at radius 3 is 2.92 bits per heavy atom. The maximum Gasteiger partial charge on any atom is 0.354 e. The van der Waals surface area contributed by atoms with Crippen molar-refractivity contribution in [1.29, 1.82) is 0 Å².